The molecule has 0 saturated carbocycles. The molecule has 1 aromatic carbocycles. The van der Waals surface area contributed by atoms with Gasteiger partial charge in [-0.15, -0.1) is 0 Å². The molecule has 1 saturated heterocycles. The second-order valence-corrected chi connectivity index (χ2v) is 6.45. The van der Waals surface area contributed by atoms with Crippen LogP contribution in [0.25, 0.3) is 0 Å². The standard InChI is InChI=1S/C15H24N2S/c1-17(13-14-5-3-2-4-6-14)11-12-18-15-7-9-16-10-8-15/h2-6,15-16H,7-13H2,1H3. The maximum atomic E-state index is 3.42. The summed E-state index contributed by atoms with van der Waals surface area (Å²) in [5.74, 6) is 1.26. The maximum absolute atomic E-state index is 3.42. The Morgan fingerprint density at radius 3 is 2.67 bits per heavy atom. The molecular weight excluding hydrogens is 240 g/mol. The first-order valence-corrected chi connectivity index (χ1v) is 7.94. The SMILES string of the molecule is CN(CCSC1CCNCC1)Cc1ccccc1. The largest absolute Gasteiger partial charge is 0.317 e. The summed E-state index contributed by atoms with van der Waals surface area (Å²) in [5, 5.41) is 4.31. The van der Waals surface area contributed by atoms with Crippen LogP contribution in [0.3, 0.4) is 0 Å². The van der Waals surface area contributed by atoms with Gasteiger partial charge in [0.05, 0.1) is 0 Å². The Morgan fingerprint density at radius 1 is 1.22 bits per heavy atom. The van der Waals surface area contributed by atoms with E-state index in [0.717, 1.165) is 11.8 Å². The minimum absolute atomic E-state index is 0.886. The summed E-state index contributed by atoms with van der Waals surface area (Å²) in [6.07, 6.45) is 2.68. The second-order valence-electron chi connectivity index (χ2n) is 5.04. The number of thioether (sulfide) groups is 1. The number of hydrogen-bond donors (Lipinski definition) is 1. The lowest BCUT2D eigenvalue weighted by atomic mass is 10.2. The molecule has 1 N–H and O–H groups in total. The lowest BCUT2D eigenvalue weighted by Gasteiger charge is -2.23. The van der Waals surface area contributed by atoms with Crippen molar-refractivity contribution in [2.45, 2.75) is 24.6 Å². The summed E-state index contributed by atoms with van der Waals surface area (Å²) in [4.78, 5) is 2.42. The van der Waals surface area contributed by atoms with Crippen molar-refractivity contribution >= 4 is 11.8 Å². The van der Waals surface area contributed by atoms with Gasteiger partial charge in [-0.1, -0.05) is 30.3 Å². The van der Waals surface area contributed by atoms with Crippen molar-refractivity contribution in [2.75, 3.05) is 32.4 Å². The number of piperidine rings is 1. The lowest BCUT2D eigenvalue weighted by Crippen LogP contribution is -2.30. The van der Waals surface area contributed by atoms with Crippen molar-refractivity contribution in [3.8, 4) is 0 Å². The molecule has 0 aliphatic carbocycles. The van der Waals surface area contributed by atoms with Crippen LogP contribution in [0.1, 0.15) is 18.4 Å². The van der Waals surface area contributed by atoms with E-state index in [9.17, 15) is 0 Å². The quantitative estimate of drug-likeness (QED) is 0.850. The molecule has 1 aliphatic rings. The maximum Gasteiger partial charge on any atom is 0.0231 e. The van der Waals surface area contributed by atoms with Crippen LogP contribution in [0.15, 0.2) is 30.3 Å². The Morgan fingerprint density at radius 2 is 1.94 bits per heavy atom. The highest BCUT2D eigenvalue weighted by Gasteiger charge is 2.13. The Balaban J connectivity index is 1.61. The highest BCUT2D eigenvalue weighted by molar-refractivity contribution is 7.99. The first kappa shape index (κ1) is 13.9. The predicted molar refractivity (Wildman–Crippen MR) is 81.1 cm³/mol. The summed E-state index contributed by atoms with van der Waals surface area (Å²) >= 11 is 2.15. The molecule has 0 amide bonds. The second kappa shape index (κ2) is 7.82. The molecule has 1 heterocycles. The molecular formula is C15H24N2S. The van der Waals surface area contributed by atoms with Gasteiger partial charge in [0, 0.05) is 24.1 Å². The predicted octanol–water partition coefficient (Wildman–Crippen LogP) is 2.60. The Bertz CT molecular complexity index is 323. The van der Waals surface area contributed by atoms with Gasteiger partial charge in [-0.3, -0.25) is 0 Å². The molecule has 0 spiro atoms. The summed E-state index contributed by atoms with van der Waals surface area (Å²) in [6, 6.07) is 10.7. The van der Waals surface area contributed by atoms with E-state index in [2.05, 4.69) is 59.4 Å². The zero-order valence-corrected chi connectivity index (χ0v) is 12.1. The lowest BCUT2D eigenvalue weighted by molar-refractivity contribution is 0.348. The minimum atomic E-state index is 0.886. The Hall–Kier alpha value is -0.510. The van der Waals surface area contributed by atoms with Crippen LogP contribution in [0.5, 0.6) is 0 Å². The molecule has 18 heavy (non-hydrogen) atoms. The molecule has 1 aliphatic heterocycles. The molecule has 0 bridgehead atoms. The fraction of sp³-hybridized carbons (Fsp3) is 0.600. The van der Waals surface area contributed by atoms with E-state index < -0.39 is 0 Å². The van der Waals surface area contributed by atoms with Crippen LogP contribution in [0.2, 0.25) is 0 Å². The number of hydrogen-bond acceptors (Lipinski definition) is 3. The summed E-state index contributed by atoms with van der Waals surface area (Å²) < 4.78 is 0. The van der Waals surface area contributed by atoms with E-state index in [4.69, 9.17) is 0 Å². The molecule has 2 nitrogen and oxygen atoms in total. The zero-order chi connectivity index (χ0) is 12.6. The average Bonchev–Trinajstić information content (AvgIpc) is 2.41. The molecule has 0 radical (unpaired) electrons. The van der Waals surface area contributed by atoms with E-state index in [0.29, 0.717) is 0 Å². The molecule has 0 unspecified atom stereocenters. The third kappa shape index (κ3) is 5.01. The van der Waals surface area contributed by atoms with E-state index in [-0.39, 0.29) is 0 Å². The van der Waals surface area contributed by atoms with Gasteiger partial charge in [-0.05, 0) is 38.5 Å². The molecule has 3 heteroatoms. The molecule has 0 aromatic heterocycles. The Labute approximate surface area is 115 Å². The van der Waals surface area contributed by atoms with Crippen LogP contribution in [0.4, 0.5) is 0 Å². The molecule has 1 fully saturated rings. The van der Waals surface area contributed by atoms with Gasteiger partial charge in [0.1, 0.15) is 0 Å². The van der Waals surface area contributed by atoms with Crippen molar-refractivity contribution in [1.29, 1.82) is 0 Å². The van der Waals surface area contributed by atoms with Gasteiger partial charge in [-0.25, -0.2) is 0 Å². The van der Waals surface area contributed by atoms with Crippen molar-refractivity contribution in [3.05, 3.63) is 35.9 Å². The monoisotopic (exact) mass is 264 g/mol. The molecule has 0 atom stereocenters. The van der Waals surface area contributed by atoms with E-state index in [1.54, 1.807) is 0 Å². The van der Waals surface area contributed by atoms with Gasteiger partial charge >= 0.3 is 0 Å². The van der Waals surface area contributed by atoms with E-state index in [1.807, 2.05) is 0 Å². The smallest absolute Gasteiger partial charge is 0.0231 e. The highest BCUT2D eigenvalue weighted by Crippen LogP contribution is 2.20. The third-order valence-corrected chi connectivity index (χ3v) is 4.77. The Kier molecular flexibility index (Phi) is 6.05. The van der Waals surface area contributed by atoms with Crippen molar-refractivity contribution in [2.24, 2.45) is 0 Å². The fourth-order valence-electron chi connectivity index (χ4n) is 2.31. The molecule has 100 valence electrons. The van der Waals surface area contributed by atoms with Crippen LogP contribution < -0.4 is 5.32 Å². The number of benzene rings is 1. The zero-order valence-electron chi connectivity index (χ0n) is 11.3. The first-order chi connectivity index (χ1) is 8.84. The van der Waals surface area contributed by atoms with Crippen LogP contribution in [0, 0.1) is 0 Å². The topological polar surface area (TPSA) is 15.3 Å². The number of rotatable bonds is 6. The van der Waals surface area contributed by atoms with E-state index >= 15 is 0 Å². The normalized spacial score (nSPS) is 17.2. The fourth-order valence-corrected chi connectivity index (χ4v) is 3.63. The van der Waals surface area contributed by atoms with Crippen molar-refractivity contribution in [3.63, 3.8) is 0 Å². The van der Waals surface area contributed by atoms with Gasteiger partial charge in [-0.2, -0.15) is 11.8 Å². The third-order valence-electron chi connectivity index (χ3n) is 3.41. The highest BCUT2D eigenvalue weighted by atomic mass is 32.2. The van der Waals surface area contributed by atoms with Gasteiger partial charge in [0.15, 0.2) is 0 Å². The van der Waals surface area contributed by atoms with Gasteiger partial charge in [0.2, 0.25) is 0 Å². The minimum Gasteiger partial charge on any atom is -0.317 e. The van der Waals surface area contributed by atoms with Gasteiger partial charge in [0.25, 0.3) is 0 Å². The van der Waals surface area contributed by atoms with Crippen LogP contribution in [-0.2, 0) is 6.54 Å². The number of nitrogens with one attached hydrogen (secondary N) is 1. The van der Waals surface area contributed by atoms with Crippen LogP contribution in [-0.4, -0.2) is 42.6 Å². The van der Waals surface area contributed by atoms with E-state index in [1.165, 1.54) is 43.8 Å². The summed E-state index contributed by atoms with van der Waals surface area (Å²) in [7, 11) is 2.22. The van der Waals surface area contributed by atoms with Crippen molar-refractivity contribution in [1.82, 2.24) is 10.2 Å². The first-order valence-electron chi connectivity index (χ1n) is 6.89. The van der Waals surface area contributed by atoms with Gasteiger partial charge < -0.3 is 10.2 Å². The van der Waals surface area contributed by atoms with Crippen LogP contribution >= 0.6 is 11.8 Å². The molecule has 1 aromatic rings. The average molecular weight is 264 g/mol. The summed E-state index contributed by atoms with van der Waals surface area (Å²) in [6.45, 7) is 4.66. The summed E-state index contributed by atoms with van der Waals surface area (Å²) in [5.41, 5.74) is 1.41. The van der Waals surface area contributed by atoms with Crippen molar-refractivity contribution < 1.29 is 0 Å². The molecule has 2 rings (SSSR count). The number of nitrogens with zero attached hydrogens (tertiary/aromatic N) is 1.